The molecule has 22 heavy (non-hydrogen) atoms. The zero-order chi connectivity index (χ0) is 15.7. The van der Waals surface area contributed by atoms with Gasteiger partial charge in [0.15, 0.2) is 17.3 Å². The highest BCUT2D eigenvalue weighted by Gasteiger charge is 2.21. The maximum Gasteiger partial charge on any atom is 0.280 e. The van der Waals surface area contributed by atoms with Crippen molar-refractivity contribution in [2.75, 3.05) is 0 Å². The van der Waals surface area contributed by atoms with Crippen molar-refractivity contribution >= 4 is 5.69 Å². The Bertz CT molecular complexity index is 823. The van der Waals surface area contributed by atoms with Gasteiger partial charge >= 0.3 is 0 Å². The second kappa shape index (κ2) is 5.37. The fourth-order valence-corrected chi connectivity index (χ4v) is 1.87. The predicted octanol–water partition coefficient (Wildman–Crippen LogP) is 2.32. The van der Waals surface area contributed by atoms with E-state index in [4.69, 9.17) is 14.8 Å². The number of nitrogens with two attached hydrogens (primary N) is 1. The summed E-state index contributed by atoms with van der Waals surface area (Å²) < 4.78 is 10.2. The minimum absolute atomic E-state index is 0.0769. The second-order valence-electron chi connectivity index (χ2n) is 4.60. The maximum atomic E-state index is 11.0. The summed E-state index contributed by atoms with van der Waals surface area (Å²) in [7, 11) is 0. The molecule has 2 heterocycles. The zero-order valence-electron chi connectivity index (χ0n) is 11.5. The molecule has 0 aliphatic heterocycles. The SMILES string of the molecule is CC(N)c1noc(-c2cc(-c3ccccc3[N+](=O)[O-])on2)n1. The average molecular weight is 301 g/mol. The molecule has 3 aromatic rings. The summed E-state index contributed by atoms with van der Waals surface area (Å²) in [5.74, 6) is 0.717. The Kier molecular flexibility index (Phi) is 3.39. The van der Waals surface area contributed by atoms with Crippen LogP contribution in [-0.2, 0) is 0 Å². The van der Waals surface area contributed by atoms with Crippen LogP contribution in [0.3, 0.4) is 0 Å². The van der Waals surface area contributed by atoms with Crippen LogP contribution in [0.5, 0.6) is 0 Å². The van der Waals surface area contributed by atoms with E-state index in [1.165, 1.54) is 12.1 Å². The molecule has 1 aromatic carbocycles. The van der Waals surface area contributed by atoms with Crippen LogP contribution in [0.1, 0.15) is 18.8 Å². The van der Waals surface area contributed by atoms with E-state index in [1.54, 1.807) is 25.1 Å². The molecular weight excluding hydrogens is 290 g/mol. The van der Waals surface area contributed by atoms with Gasteiger partial charge in [-0.25, -0.2) is 0 Å². The summed E-state index contributed by atoms with van der Waals surface area (Å²) in [4.78, 5) is 14.6. The largest absolute Gasteiger partial charge is 0.355 e. The van der Waals surface area contributed by atoms with Crippen molar-refractivity contribution in [2.45, 2.75) is 13.0 Å². The van der Waals surface area contributed by atoms with E-state index in [0.717, 1.165) is 0 Å². The Balaban J connectivity index is 1.99. The molecule has 1 atom stereocenters. The van der Waals surface area contributed by atoms with E-state index in [1.807, 2.05) is 0 Å². The first kappa shape index (κ1) is 13.9. The monoisotopic (exact) mass is 301 g/mol. The van der Waals surface area contributed by atoms with Gasteiger partial charge in [-0.2, -0.15) is 4.98 Å². The second-order valence-corrected chi connectivity index (χ2v) is 4.60. The molecule has 9 heteroatoms. The van der Waals surface area contributed by atoms with Crippen LogP contribution in [-0.4, -0.2) is 20.2 Å². The minimum Gasteiger partial charge on any atom is -0.355 e. The molecule has 1 unspecified atom stereocenters. The van der Waals surface area contributed by atoms with Gasteiger partial charge in [0, 0.05) is 12.1 Å². The summed E-state index contributed by atoms with van der Waals surface area (Å²) >= 11 is 0. The van der Waals surface area contributed by atoms with Crippen molar-refractivity contribution in [3.63, 3.8) is 0 Å². The van der Waals surface area contributed by atoms with E-state index in [-0.39, 0.29) is 29.1 Å². The van der Waals surface area contributed by atoms with E-state index >= 15 is 0 Å². The number of nitro groups is 1. The summed E-state index contributed by atoms with van der Waals surface area (Å²) in [6.45, 7) is 1.72. The quantitative estimate of drug-likeness (QED) is 0.573. The number of nitro benzene ring substituents is 1. The smallest absolute Gasteiger partial charge is 0.280 e. The summed E-state index contributed by atoms with van der Waals surface area (Å²) in [5, 5.41) is 18.6. The third-order valence-corrected chi connectivity index (χ3v) is 2.94. The molecule has 2 N–H and O–H groups in total. The predicted molar refractivity (Wildman–Crippen MR) is 74.5 cm³/mol. The maximum absolute atomic E-state index is 11.0. The Hall–Kier alpha value is -3.07. The van der Waals surface area contributed by atoms with Crippen molar-refractivity contribution in [1.29, 1.82) is 0 Å². The Morgan fingerprint density at radius 3 is 2.73 bits per heavy atom. The lowest BCUT2D eigenvalue weighted by atomic mass is 10.1. The number of aromatic nitrogens is 3. The molecule has 0 radical (unpaired) electrons. The summed E-state index contributed by atoms with van der Waals surface area (Å²) in [6, 6.07) is 7.33. The van der Waals surface area contributed by atoms with Crippen molar-refractivity contribution in [1.82, 2.24) is 15.3 Å². The lowest BCUT2D eigenvalue weighted by molar-refractivity contribution is -0.384. The third kappa shape index (κ3) is 2.44. The Morgan fingerprint density at radius 2 is 2.05 bits per heavy atom. The fourth-order valence-electron chi connectivity index (χ4n) is 1.87. The molecule has 112 valence electrons. The van der Waals surface area contributed by atoms with Gasteiger partial charge in [0.1, 0.15) is 0 Å². The first-order valence-electron chi connectivity index (χ1n) is 6.36. The molecule has 2 aromatic heterocycles. The van der Waals surface area contributed by atoms with Crippen LogP contribution in [0.4, 0.5) is 5.69 Å². The number of rotatable bonds is 4. The molecule has 9 nitrogen and oxygen atoms in total. The van der Waals surface area contributed by atoms with Crippen LogP contribution in [0.25, 0.3) is 22.9 Å². The van der Waals surface area contributed by atoms with Crippen molar-refractivity contribution < 1.29 is 14.0 Å². The van der Waals surface area contributed by atoms with Gasteiger partial charge in [-0.05, 0) is 13.0 Å². The van der Waals surface area contributed by atoms with Gasteiger partial charge in [-0.1, -0.05) is 22.4 Å². The van der Waals surface area contributed by atoms with Gasteiger partial charge in [0.2, 0.25) is 0 Å². The van der Waals surface area contributed by atoms with Crippen LogP contribution in [0.15, 0.2) is 39.4 Å². The fraction of sp³-hybridized carbons (Fsp3) is 0.154. The number of hydrogen-bond donors (Lipinski definition) is 1. The normalized spacial score (nSPS) is 12.3. The number of hydrogen-bond acceptors (Lipinski definition) is 8. The molecule has 0 saturated carbocycles. The molecule has 0 saturated heterocycles. The molecular formula is C13H11N5O4. The highest BCUT2D eigenvalue weighted by atomic mass is 16.6. The van der Waals surface area contributed by atoms with E-state index in [0.29, 0.717) is 11.4 Å². The van der Waals surface area contributed by atoms with Crippen LogP contribution in [0, 0.1) is 10.1 Å². The minimum atomic E-state index is -0.488. The molecule has 0 spiro atoms. The Labute approximate surface area is 123 Å². The molecule has 0 bridgehead atoms. The van der Waals surface area contributed by atoms with E-state index in [2.05, 4.69) is 15.3 Å². The first-order valence-corrected chi connectivity index (χ1v) is 6.36. The van der Waals surface area contributed by atoms with Crippen molar-refractivity contribution in [2.24, 2.45) is 5.73 Å². The van der Waals surface area contributed by atoms with Gasteiger partial charge in [0.05, 0.1) is 16.5 Å². The van der Waals surface area contributed by atoms with Gasteiger partial charge in [-0.3, -0.25) is 10.1 Å². The van der Waals surface area contributed by atoms with E-state index < -0.39 is 4.92 Å². The standard InChI is InChI=1S/C13H11N5O4/c1-7(14)12-15-13(22-17-12)9-6-11(21-16-9)8-4-2-3-5-10(8)18(19)20/h2-7H,14H2,1H3. The van der Waals surface area contributed by atoms with Crippen LogP contribution >= 0.6 is 0 Å². The summed E-state index contributed by atoms with van der Waals surface area (Å²) in [5.41, 5.74) is 6.18. The van der Waals surface area contributed by atoms with Crippen molar-refractivity contribution in [3.8, 4) is 22.9 Å². The molecule has 0 amide bonds. The number of nitrogens with zero attached hydrogens (tertiary/aromatic N) is 4. The third-order valence-electron chi connectivity index (χ3n) is 2.94. The van der Waals surface area contributed by atoms with Crippen LogP contribution < -0.4 is 5.73 Å². The van der Waals surface area contributed by atoms with Gasteiger partial charge < -0.3 is 14.8 Å². The average Bonchev–Trinajstić information content (AvgIpc) is 3.16. The lowest BCUT2D eigenvalue weighted by Gasteiger charge is -1.96. The van der Waals surface area contributed by atoms with Gasteiger partial charge in [0.25, 0.3) is 11.6 Å². The van der Waals surface area contributed by atoms with Crippen molar-refractivity contribution in [3.05, 3.63) is 46.3 Å². The summed E-state index contributed by atoms with van der Waals surface area (Å²) in [6.07, 6.45) is 0. The highest BCUT2D eigenvalue weighted by Crippen LogP contribution is 2.31. The number of benzene rings is 1. The topological polar surface area (TPSA) is 134 Å². The first-order chi connectivity index (χ1) is 10.6. The lowest BCUT2D eigenvalue weighted by Crippen LogP contribution is -2.06. The van der Waals surface area contributed by atoms with E-state index in [9.17, 15) is 10.1 Å². The molecule has 3 rings (SSSR count). The van der Waals surface area contributed by atoms with Gasteiger partial charge in [-0.15, -0.1) is 0 Å². The number of para-hydroxylation sites is 1. The zero-order valence-corrected chi connectivity index (χ0v) is 11.5. The highest BCUT2D eigenvalue weighted by molar-refractivity contribution is 5.71. The molecule has 0 fully saturated rings. The molecule has 0 aliphatic carbocycles. The van der Waals surface area contributed by atoms with Crippen LogP contribution in [0.2, 0.25) is 0 Å². The molecule has 0 aliphatic rings. The Morgan fingerprint density at radius 1 is 1.27 bits per heavy atom.